The molecule has 1 heterocycles. The van der Waals surface area contributed by atoms with Crippen molar-refractivity contribution >= 4 is 12.0 Å². The van der Waals surface area contributed by atoms with E-state index < -0.39 is 11.9 Å². The standard InChI is InChI=1S/C14H24N2O5/c1-3-4-16(12-8-21-7-11(12)13(17)18)14(19)15-9-5-10(6-9)20-2/h9-12H,3-8H2,1-2H3,(H,15,19)(H,17,18). The van der Waals surface area contributed by atoms with Gasteiger partial charge >= 0.3 is 12.0 Å². The van der Waals surface area contributed by atoms with Crippen LogP contribution in [0.5, 0.6) is 0 Å². The molecule has 7 heteroatoms. The van der Waals surface area contributed by atoms with Crippen LogP contribution in [0, 0.1) is 5.92 Å². The lowest BCUT2D eigenvalue weighted by Crippen LogP contribution is -2.56. The second-order valence-corrected chi connectivity index (χ2v) is 5.72. The van der Waals surface area contributed by atoms with E-state index in [0.29, 0.717) is 6.54 Å². The third-order valence-electron chi connectivity index (χ3n) is 4.25. The van der Waals surface area contributed by atoms with E-state index >= 15 is 0 Å². The highest BCUT2D eigenvalue weighted by atomic mass is 16.5. The number of aliphatic carboxylic acids is 1. The number of ether oxygens (including phenoxy) is 2. The van der Waals surface area contributed by atoms with Crippen LogP contribution >= 0.6 is 0 Å². The topological polar surface area (TPSA) is 88.1 Å². The molecule has 120 valence electrons. The summed E-state index contributed by atoms with van der Waals surface area (Å²) in [6, 6.07) is -0.466. The zero-order valence-electron chi connectivity index (χ0n) is 12.6. The summed E-state index contributed by atoms with van der Waals surface area (Å²) in [5.74, 6) is -1.55. The van der Waals surface area contributed by atoms with Crippen molar-refractivity contribution in [2.45, 2.75) is 44.4 Å². The number of hydrogen-bond donors (Lipinski definition) is 2. The monoisotopic (exact) mass is 300 g/mol. The Kier molecular flexibility index (Phi) is 5.41. The van der Waals surface area contributed by atoms with Crippen LogP contribution in [0.1, 0.15) is 26.2 Å². The second kappa shape index (κ2) is 7.09. The molecule has 2 aliphatic rings. The number of carbonyl (C=O) groups excluding carboxylic acids is 1. The summed E-state index contributed by atoms with van der Waals surface area (Å²) in [7, 11) is 1.67. The summed E-state index contributed by atoms with van der Waals surface area (Å²) in [6.07, 6.45) is 2.62. The number of nitrogens with zero attached hydrogens (tertiary/aromatic N) is 1. The maximum atomic E-state index is 12.4. The van der Waals surface area contributed by atoms with E-state index in [9.17, 15) is 14.7 Å². The lowest BCUT2D eigenvalue weighted by atomic mass is 9.89. The van der Waals surface area contributed by atoms with Gasteiger partial charge in [-0.3, -0.25) is 4.79 Å². The predicted octanol–water partition coefficient (Wildman–Crippen LogP) is 0.685. The number of nitrogens with one attached hydrogen (secondary N) is 1. The fourth-order valence-corrected chi connectivity index (χ4v) is 2.88. The molecule has 21 heavy (non-hydrogen) atoms. The Hall–Kier alpha value is -1.34. The van der Waals surface area contributed by atoms with Crippen LogP contribution in [0.15, 0.2) is 0 Å². The number of carbonyl (C=O) groups is 2. The SMILES string of the molecule is CCCN(C(=O)NC1CC(OC)C1)C1COCC1C(=O)O. The molecule has 2 fully saturated rings. The van der Waals surface area contributed by atoms with E-state index in [4.69, 9.17) is 9.47 Å². The van der Waals surface area contributed by atoms with Gasteiger partial charge in [0.1, 0.15) is 5.92 Å². The highest BCUT2D eigenvalue weighted by Crippen LogP contribution is 2.24. The molecule has 0 bridgehead atoms. The van der Waals surface area contributed by atoms with Gasteiger partial charge in [-0.25, -0.2) is 4.79 Å². The highest BCUT2D eigenvalue weighted by Gasteiger charge is 2.41. The molecular formula is C14H24N2O5. The Morgan fingerprint density at radius 1 is 1.38 bits per heavy atom. The molecule has 0 aromatic heterocycles. The fourth-order valence-electron chi connectivity index (χ4n) is 2.88. The van der Waals surface area contributed by atoms with E-state index in [1.165, 1.54) is 0 Å². The minimum absolute atomic E-state index is 0.118. The van der Waals surface area contributed by atoms with Gasteiger partial charge in [-0.05, 0) is 19.3 Å². The van der Waals surface area contributed by atoms with Crippen molar-refractivity contribution in [3.05, 3.63) is 0 Å². The van der Waals surface area contributed by atoms with Gasteiger partial charge < -0.3 is 24.8 Å². The normalized spacial score (nSPS) is 31.5. The molecule has 0 aromatic rings. The lowest BCUT2D eigenvalue weighted by molar-refractivity contribution is -0.142. The Bertz CT molecular complexity index is 384. The largest absolute Gasteiger partial charge is 0.481 e. The third kappa shape index (κ3) is 3.65. The predicted molar refractivity (Wildman–Crippen MR) is 75.1 cm³/mol. The summed E-state index contributed by atoms with van der Waals surface area (Å²) in [4.78, 5) is 25.3. The maximum absolute atomic E-state index is 12.4. The third-order valence-corrected chi connectivity index (χ3v) is 4.25. The number of amides is 2. The van der Waals surface area contributed by atoms with Crippen molar-refractivity contribution in [3.8, 4) is 0 Å². The lowest BCUT2D eigenvalue weighted by Gasteiger charge is -2.37. The second-order valence-electron chi connectivity index (χ2n) is 5.72. The molecule has 0 aromatic carbocycles. The van der Waals surface area contributed by atoms with Gasteiger partial charge in [0.25, 0.3) is 0 Å². The first kappa shape index (κ1) is 16.0. The van der Waals surface area contributed by atoms with Gasteiger partial charge in [-0.2, -0.15) is 0 Å². The molecule has 2 rings (SSSR count). The molecule has 0 spiro atoms. The number of methoxy groups -OCH3 is 1. The van der Waals surface area contributed by atoms with Crippen molar-refractivity contribution in [1.82, 2.24) is 10.2 Å². The average molecular weight is 300 g/mol. The maximum Gasteiger partial charge on any atom is 0.317 e. The van der Waals surface area contributed by atoms with E-state index in [0.717, 1.165) is 19.3 Å². The molecular weight excluding hydrogens is 276 g/mol. The number of hydrogen-bond acceptors (Lipinski definition) is 4. The number of carboxylic acid groups (broad SMARTS) is 1. The molecule has 1 saturated heterocycles. The first-order chi connectivity index (χ1) is 10.1. The Morgan fingerprint density at radius 3 is 2.67 bits per heavy atom. The van der Waals surface area contributed by atoms with Crippen molar-refractivity contribution < 1.29 is 24.2 Å². The van der Waals surface area contributed by atoms with Crippen molar-refractivity contribution in [2.24, 2.45) is 5.92 Å². The van der Waals surface area contributed by atoms with Crippen LogP contribution in [-0.4, -0.2) is 67.1 Å². The molecule has 2 N–H and O–H groups in total. The number of carboxylic acids is 1. The Morgan fingerprint density at radius 2 is 2.10 bits per heavy atom. The van der Waals surface area contributed by atoms with Crippen LogP contribution in [0.25, 0.3) is 0 Å². The average Bonchev–Trinajstić information content (AvgIpc) is 2.88. The summed E-state index contributed by atoms with van der Waals surface area (Å²) < 4.78 is 10.5. The van der Waals surface area contributed by atoms with Crippen LogP contribution in [0.3, 0.4) is 0 Å². The molecule has 2 amide bonds. The Balaban J connectivity index is 1.94. The van der Waals surface area contributed by atoms with Crippen LogP contribution in [0.2, 0.25) is 0 Å². The summed E-state index contributed by atoms with van der Waals surface area (Å²) in [5, 5.41) is 12.2. The molecule has 2 atom stereocenters. The van der Waals surface area contributed by atoms with E-state index in [1.54, 1.807) is 12.0 Å². The van der Waals surface area contributed by atoms with Gasteiger partial charge in [0, 0.05) is 19.7 Å². The van der Waals surface area contributed by atoms with Gasteiger partial charge in [0.05, 0.1) is 25.4 Å². The first-order valence-corrected chi connectivity index (χ1v) is 7.47. The molecule has 0 radical (unpaired) electrons. The van der Waals surface area contributed by atoms with Crippen LogP contribution in [-0.2, 0) is 14.3 Å². The molecule has 1 saturated carbocycles. The van der Waals surface area contributed by atoms with Gasteiger partial charge in [0.2, 0.25) is 0 Å². The minimum atomic E-state index is -0.908. The van der Waals surface area contributed by atoms with E-state index in [-0.39, 0.29) is 37.4 Å². The molecule has 1 aliphatic carbocycles. The molecule has 2 unspecified atom stereocenters. The minimum Gasteiger partial charge on any atom is -0.481 e. The summed E-state index contributed by atoms with van der Waals surface area (Å²) in [6.45, 7) is 2.96. The number of rotatable bonds is 6. The fraction of sp³-hybridized carbons (Fsp3) is 0.857. The van der Waals surface area contributed by atoms with Crippen molar-refractivity contribution in [1.29, 1.82) is 0 Å². The summed E-state index contributed by atoms with van der Waals surface area (Å²) in [5.41, 5.74) is 0. The molecule has 7 nitrogen and oxygen atoms in total. The van der Waals surface area contributed by atoms with E-state index in [1.807, 2.05) is 6.92 Å². The van der Waals surface area contributed by atoms with Crippen molar-refractivity contribution in [2.75, 3.05) is 26.9 Å². The number of urea groups is 1. The highest BCUT2D eigenvalue weighted by molar-refractivity contribution is 5.77. The zero-order valence-corrected chi connectivity index (χ0v) is 12.6. The summed E-state index contributed by atoms with van der Waals surface area (Å²) >= 11 is 0. The Labute approximate surface area is 124 Å². The van der Waals surface area contributed by atoms with E-state index in [2.05, 4.69) is 5.32 Å². The first-order valence-electron chi connectivity index (χ1n) is 7.47. The van der Waals surface area contributed by atoms with Gasteiger partial charge in [-0.15, -0.1) is 0 Å². The van der Waals surface area contributed by atoms with Crippen LogP contribution in [0.4, 0.5) is 4.79 Å². The quantitative estimate of drug-likeness (QED) is 0.753. The zero-order chi connectivity index (χ0) is 15.4. The smallest absolute Gasteiger partial charge is 0.317 e. The van der Waals surface area contributed by atoms with Gasteiger partial charge in [-0.1, -0.05) is 6.92 Å². The van der Waals surface area contributed by atoms with Crippen LogP contribution < -0.4 is 5.32 Å². The molecule has 1 aliphatic heterocycles. The van der Waals surface area contributed by atoms with Crippen molar-refractivity contribution in [3.63, 3.8) is 0 Å². The van der Waals surface area contributed by atoms with Gasteiger partial charge in [0.15, 0.2) is 0 Å².